The van der Waals surface area contributed by atoms with Crippen LogP contribution in [0.5, 0.6) is 0 Å². The molecule has 1 saturated carbocycles. The van der Waals surface area contributed by atoms with Crippen LogP contribution < -0.4 is 10.6 Å². The molecule has 32 heavy (non-hydrogen) atoms. The summed E-state index contributed by atoms with van der Waals surface area (Å²) in [7, 11) is 0. The Bertz CT molecular complexity index is 1070. The Balaban J connectivity index is 1.31. The van der Waals surface area contributed by atoms with E-state index in [0.717, 1.165) is 17.2 Å². The first-order valence-electron chi connectivity index (χ1n) is 10.9. The van der Waals surface area contributed by atoms with Crippen LogP contribution in [0, 0.1) is 5.92 Å². The van der Waals surface area contributed by atoms with Gasteiger partial charge in [0.05, 0.1) is 17.0 Å². The molecule has 4 rings (SSSR count). The molecule has 0 unspecified atom stereocenters. The van der Waals surface area contributed by atoms with E-state index in [1.807, 2.05) is 12.1 Å². The molecule has 1 amide bonds. The molecule has 1 fully saturated rings. The lowest BCUT2D eigenvalue weighted by molar-refractivity contribution is -0.136. The topological polar surface area (TPSA) is 91.3 Å². The number of nitrogens with one attached hydrogen (secondary N) is 2. The SMILES string of the molecule is O=C(O)Cc1csc(NC(=O)c2ccc(CNc3ccccc3CCC3CCCC3)s2)n1. The number of nitrogens with zero attached hydrogens (tertiary/aromatic N) is 1. The third-order valence-electron chi connectivity index (χ3n) is 5.76. The highest BCUT2D eigenvalue weighted by molar-refractivity contribution is 7.15. The van der Waals surface area contributed by atoms with E-state index in [4.69, 9.17) is 5.11 Å². The van der Waals surface area contributed by atoms with Gasteiger partial charge in [-0.25, -0.2) is 4.98 Å². The molecule has 6 nitrogen and oxygen atoms in total. The van der Waals surface area contributed by atoms with Crippen molar-refractivity contribution in [2.24, 2.45) is 5.92 Å². The van der Waals surface area contributed by atoms with Gasteiger partial charge in [-0.15, -0.1) is 22.7 Å². The highest BCUT2D eigenvalue weighted by atomic mass is 32.1. The molecule has 0 atom stereocenters. The predicted molar refractivity (Wildman–Crippen MR) is 130 cm³/mol. The molecule has 2 aromatic heterocycles. The van der Waals surface area contributed by atoms with E-state index in [9.17, 15) is 9.59 Å². The molecule has 3 aromatic rings. The standard InChI is InChI=1S/C24H27N3O3S2/c28-22(29)13-18-15-31-24(26-18)27-23(30)21-12-11-19(32-21)14-25-20-8-4-3-7-17(20)10-9-16-5-1-2-6-16/h3-4,7-8,11-12,15-16,25H,1-2,5-6,9-10,13-14H2,(H,28,29)(H,26,27,30). The summed E-state index contributed by atoms with van der Waals surface area (Å²) in [5.41, 5.74) is 2.97. The Morgan fingerprint density at radius 1 is 1.12 bits per heavy atom. The molecule has 0 radical (unpaired) electrons. The number of para-hydroxylation sites is 1. The first-order valence-corrected chi connectivity index (χ1v) is 12.6. The number of carbonyl (C=O) groups is 2. The van der Waals surface area contributed by atoms with Crippen LogP contribution >= 0.6 is 22.7 Å². The molecule has 0 aliphatic heterocycles. The second kappa shape index (κ2) is 10.7. The second-order valence-corrected chi connectivity index (χ2v) is 10.2. The van der Waals surface area contributed by atoms with Gasteiger partial charge in [0, 0.05) is 22.5 Å². The summed E-state index contributed by atoms with van der Waals surface area (Å²) in [6.45, 7) is 0.665. The number of rotatable bonds is 10. The van der Waals surface area contributed by atoms with Gasteiger partial charge in [-0.3, -0.25) is 14.9 Å². The zero-order chi connectivity index (χ0) is 22.3. The summed E-state index contributed by atoms with van der Waals surface area (Å²) < 4.78 is 0. The molecule has 0 bridgehead atoms. The van der Waals surface area contributed by atoms with Crippen molar-refractivity contribution < 1.29 is 14.7 Å². The van der Waals surface area contributed by atoms with Crippen LogP contribution in [0.3, 0.4) is 0 Å². The van der Waals surface area contributed by atoms with Crippen molar-refractivity contribution in [1.82, 2.24) is 4.98 Å². The van der Waals surface area contributed by atoms with Gasteiger partial charge in [-0.2, -0.15) is 0 Å². The Kier molecular flexibility index (Phi) is 7.55. The fourth-order valence-corrected chi connectivity index (χ4v) is 5.65. The number of amides is 1. The number of carboxylic acids is 1. The van der Waals surface area contributed by atoms with Gasteiger partial charge in [-0.05, 0) is 42.5 Å². The number of aryl methyl sites for hydroxylation is 1. The number of benzene rings is 1. The molecular weight excluding hydrogens is 442 g/mol. The van der Waals surface area contributed by atoms with E-state index in [1.54, 1.807) is 5.38 Å². The van der Waals surface area contributed by atoms with Crippen molar-refractivity contribution in [2.45, 2.75) is 51.5 Å². The molecule has 168 valence electrons. The van der Waals surface area contributed by atoms with Crippen molar-refractivity contribution in [2.75, 3.05) is 10.6 Å². The van der Waals surface area contributed by atoms with Crippen molar-refractivity contribution in [3.8, 4) is 0 Å². The van der Waals surface area contributed by atoms with Gasteiger partial charge in [0.2, 0.25) is 0 Å². The minimum atomic E-state index is -0.941. The smallest absolute Gasteiger partial charge is 0.309 e. The van der Waals surface area contributed by atoms with Crippen LogP contribution in [0.25, 0.3) is 0 Å². The van der Waals surface area contributed by atoms with Gasteiger partial charge < -0.3 is 10.4 Å². The summed E-state index contributed by atoms with van der Waals surface area (Å²) in [6, 6.07) is 12.3. The quantitative estimate of drug-likeness (QED) is 0.348. The molecule has 1 aliphatic rings. The third-order valence-corrected chi connectivity index (χ3v) is 7.65. The largest absolute Gasteiger partial charge is 0.481 e. The highest BCUT2D eigenvalue weighted by Crippen LogP contribution is 2.30. The van der Waals surface area contributed by atoms with Crippen molar-refractivity contribution in [3.63, 3.8) is 0 Å². The van der Waals surface area contributed by atoms with Crippen LogP contribution in [0.15, 0.2) is 41.8 Å². The lowest BCUT2D eigenvalue weighted by atomic mass is 9.97. The molecule has 3 N–H and O–H groups in total. The molecule has 1 aromatic carbocycles. The fraction of sp³-hybridized carbons (Fsp3) is 0.375. The van der Waals surface area contributed by atoms with E-state index in [-0.39, 0.29) is 12.3 Å². The number of hydrogen-bond acceptors (Lipinski definition) is 6. The summed E-state index contributed by atoms with van der Waals surface area (Å²) >= 11 is 2.67. The van der Waals surface area contributed by atoms with Gasteiger partial charge in [-0.1, -0.05) is 43.9 Å². The molecule has 0 spiro atoms. The number of carboxylic acid groups (broad SMARTS) is 1. The number of thiazole rings is 1. The van der Waals surface area contributed by atoms with E-state index in [2.05, 4.69) is 39.9 Å². The Hall–Kier alpha value is -2.71. The summed E-state index contributed by atoms with van der Waals surface area (Å²) in [6.07, 6.45) is 7.71. The second-order valence-electron chi connectivity index (χ2n) is 8.13. The minimum absolute atomic E-state index is 0.149. The van der Waals surface area contributed by atoms with Gasteiger partial charge in [0.15, 0.2) is 5.13 Å². The van der Waals surface area contributed by atoms with Crippen molar-refractivity contribution in [3.05, 3.63) is 62.8 Å². The summed E-state index contributed by atoms with van der Waals surface area (Å²) in [4.78, 5) is 29.1. The number of carbonyl (C=O) groups excluding carboxylic acids is 1. The Morgan fingerprint density at radius 3 is 2.75 bits per heavy atom. The fourth-order valence-electron chi connectivity index (χ4n) is 4.11. The molecular formula is C24H27N3O3S2. The first kappa shape index (κ1) is 22.5. The zero-order valence-electron chi connectivity index (χ0n) is 17.8. The average molecular weight is 470 g/mol. The predicted octanol–water partition coefficient (Wildman–Crippen LogP) is 5.82. The maximum atomic E-state index is 12.5. The number of thiophene rings is 1. The number of hydrogen-bond donors (Lipinski definition) is 3. The van der Waals surface area contributed by atoms with Crippen LogP contribution in [-0.2, 0) is 24.2 Å². The Morgan fingerprint density at radius 2 is 1.94 bits per heavy atom. The van der Waals surface area contributed by atoms with Crippen molar-refractivity contribution >= 4 is 45.4 Å². The van der Waals surface area contributed by atoms with Gasteiger partial charge >= 0.3 is 5.97 Å². The van der Waals surface area contributed by atoms with Crippen LogP contribution in [0.2, 0.25) is 0 Å². The third kappa shape index (κ3) is 6.17. The van der Waals surface area contributed by atoms with E-state index < -0.39 is 5.97 Å². The number of aliphatic carboxylic acids is 1. The lowest BCUT2D eigenvalue weighted by Crippen LogP contribution is -2.10. The maximum absolute atomic E-state index is 12.5. The van der Waals surface area contributed by atoms with E-state index in [1.165, 1.54) is 66.0 Å². The lowest BCUT2D eigenvalue weighted by Gasteiger charge is -2.13. The van der Waals surface area contributed by atoms with Crippen LogP contribution in [-0.4, -0.2) is 22.0 Å². The monoisotopic (exact) mass is 469 g/mol. The minimum Gasteiger partial charge on any atom is -0.481 e. The number of aromatic nitrogens is 1. The number of anilines is 2. The van der Waals surface area contributed by atoms with Gasteiger partial charge in [0.1, 0.15) is 0 Å². The van der Waals surface area contributed by atoms with E-state index in [0.29, 0.717) is 22.2 Å². The van der Waals surface area contributed by atoms with E-state index >= 15 is 0 Å². The van der Waals surface area contributed by atoms with Crippen LogP contribution in [0.4, 0.5) is 10.8 Å². The normalized spacial score (nSPS) is 13.9. The highest BCUT2D eigenvalue weighted by Gasteiger charge is 2.16. The first-order chi connectivity index (χ1) is 15.6. The van der Waals surface area contributed by atoms with Gasteiger partial charge in [0.25, 0.3) is 5.91 Å². The molecule has 0 saturated heterocycles. The Labute approximate surface area is 195 Å². The van der Waals surface area contributed by atoms with Crippen LogP contribution in [0.1, 0.15) is 57.9 Å². The molecule has 2 heterocycles. The van der Waals surface area contributed by atoms with Crippen molar-refractivity contribution in [1.29, 1.82) is 0 Å². The molecule has 1 aliphatic carbocycles. The zero-order valence-corrected chi connectivity index (χ0v) is 19.4. The maximum Gasteiger partial charge on any atom is 0.309 e. The summed E-state index contributed by atoms with van der Waals surface area (Å²) in [5.74, 6) is -0.294. The summed E-state index contributed by atoms with van der Waals surface area (Å²) in [5, 5.41) is 17.2. The average Bonchev–Trinajstić information content (AvgIpc) is 3.53. The molecule has 8 heteroatoms.